The fourth-order valence-electron chi connectivity index (χ4n) is 3.65. The second-order valence-electron chi connectivity index (χ2n) is 8.03. The quantitative estimate of drug-likeness (QED) is 0.524. The van der Waals surface area contributed by atoms with Gasteiger partial charge in [0.25, 0.3) is 0 Å². The number of benzene rings is 2. The van der Waals surface area contributed by atoms with Crippen molar-refractivity contribution < 1.29 is 13.9 Å². The van der Waals surface area contributed by atoms with Crippen LogP contribution in [0.3, 0.4) is 0 Å². The van der Waals surface area contributed by atoms with Crippen LogP contribution in [0, 0.1) is 13.8 Å². The number of amides is 1. The molecule has 0 atom stereocenters. The lowest BCUT2D eigenvalue weighted by molar-refractivity contribution is -0.127. The number of aromatic nitrogens is 1. The minimum Gasteiger partial charge on any atom is -0.489 e. The standard InChI is InChI=1S/C26H29N3O3/c1-20-21(2)32-25(27-20)18-28-13-15-29(16-14-28)26(30)12-11-22-9-6-10-24(17-22)31-19-23-7-4-3-5-8-23/h3-12,17H,13-16,18-19H2,1-2H3/b12-11+. The first-order valence-corrected chi connectivity index (χ1v) is 11.0. The Morgan fingerprint density at radius 3 is 2.56 bits per heavy atom. The SMILES string of the molecule is Cc1nc(CN2CCN(C(=O)/C=C/c3cccc(OCc4ccccc4)c3)CC2)oc1C. The topological polar surface area (TPSA) is 58.8 Å². The lowest BCUT2D eigenvalue weighted by atomic mass is 10.2. The van der Waals surface area contributed by atoms with Crippen molar-refractivity contribution in [1.82, 2.24) is 14.8 Å². The molecule has 1 aromatic heterocycles. The van der Waals surface area contributed by atoms with Crippen LogP contribution in [0.1, 0.15) is 28.5 Å². The molecular weight excluding hydrogens is 402 g/mol. The average molecular weight is 432 g/mol. The first-order valence-electron chi connectivity index (χ1n) is 11.0. The Hall–Kier alpha value is -3.38. The minimum atomic E-state index is 0.0306. The van der Waals surface area contributed by atoms with Crippen molar-refractivity contribution >= 4 is 12.0 Å². The predicted octanol–water partition coefficient (Wildman–Crippen LogP) is 4.23. The van der Waals surface area contributed by atoms with Crippen molar-refractivity contribution in [1.29, 1.82) is 0 Å². The molecule has 0 unspecified atom stereocenters. The number of ether oxygens (including phenoxy) is 1. The van der Waals surface area contributed by atoms with Crippen LogP contribution < -0.4 is 4.74 Å². The first-order chi connectivity index (χ1) is 15.6. The van der Waals surface area contributed by atoms with Gasteiger partial charge in [0.1, 0.15) is 18.1 Å². The zero-order chi connectivity index (χ0) is 22.3. The van der Waals surface area contributed by atoms with Gasteiger partial charge in [0, 0.05) is 32.3 Å². The summed E-state index contributed by atoms with van der Waals surface area (Å²) in [7, 11) is 0. The summed E-state index contributed by atoms with van der Waals surface area (Å²) in [6.07, 6.45) is 3.50. The van der Waals surface area contributed by atoms with E-state index in [0.717, 1.165) is 47.3 Å². The number of nitrogens with zero attached hydrogens (tertiary/aromatic N) is 3. The number of aryl methyl sites for hydroxylation is 2. The highest BCUT2D eigenvalue weighted by molar-refractivity contribution is 5.91. The zero-order valence-corrected chi connectivity index (χ0v) is 18.7. The Kier molecular flexibility index (Phi) is 7.02. The number of hydrogen-bond donors (Lipinski definition) is 0. The van der Waals surface area contributed by atoms with Gasteiger partial charge in [-0.3, -0.25) is 9.69 Å². The van der Waals surface area contributed by atoms with E-state index in [1.807, 2.05) is 79.4 Å². The first kappa shape index (κ1) is 21.8. The molecule has 3 aromatic rings. The van der Waals surface area contributed by atoms with Crippen molar-refractivity contribution in [3.63, 3.8) is 0 Å². The van der Waals surface area contributed by atoms with Gasteiger partial charge in [-0.1, -0.05) is 42.5 Å². The third kappa shape index (κ3) is 5.86. The Morgan fingerprint density at radius 1 is 1.06 bits per heavy atom. The van der Waals surface area contributed by atoms with E-state index in [1.54, 1.807) is 6.08 Å². The fourth-order valence-corrected chi connectivity index (χ4v) is 3.65. The van der Waals surface area contributed by atoms with E-state index in [0.29, 0.717) is 26.2 Å². The molecule has 1 amide bonds. The van der Waals surface area contributed by atoms with Gasteiger partial charge < -0.3 is 14.1 Å². The van der Waals surface area contributed by atoms with E-state index in [-0.39, 0.29) is 5.91 Å². The number of hydrogen-bond acceptors (Lipinski definition) is 5. The molecule has 1 fully saturated rings. The van der Waals surface area contributed by atoms with Gasteiger partial charge in [0.15, 0.2) is 0 Å². The molecule has 0 saturated carbocycles. The van der Waals surface area contributed by atoms with Crippen molar-refractivity contribution in [3.8, 4) is 5.75 Å². The molecule has 166 valence electrons. The second kappa shape index (κ2) is 10.3. The average Bonchev–Trinajstić information content (AvgIpc) is 3.14. The molecule has 1 aliphatic heterocycles. The molecule has 32 heavy (non-hydrogen) atoms. The molecule has 2 aromatic carbocycles. The smallest absolute Gasteiger partial charge is 0.246 e. The largest absolute Gasteiger partial charge is 0.489 e. The Labute approximate surface area is 189 Å². The van der Waals surface area contributed by atoms with E-state index < -0.39 is 0 Å². The van der Waals surface area contributed by atoms with E-state index in [2.05, 4.69) is 9.88 Å². The lowest BCUT2D eigenvalue weighted by Gasteiger charge is -2.33. The molecule has 1 aliphatic rings. The van der Waals surface area contributed by atoms with Crippen LogP contribution in [-0.2, 0) is 17.9 Å². The molecular formula is C26H29N3O3. The van der Waals surface area contributed by atoms with Gasteiger partial charge in [-0.25, -0.2) is 4.98 Å². The summed E-state index contributed by atoms with van der Waals surface area (Å²) in [5.74, 6) is 2.43. The van der Waals surface area contributed by atoms with Gasteiger partial charge in [-0.2, -0.15) is 0 Å². The van der Waals surface area contributed by atoms with Gasteiger partial charge in [-0.15, -0.1) is 0 Å². The third-order valence-corrected chi connectivity index (χ3v) is 5.64. The van der Waals surface area contributed by atoms with Gasteiger partial charge in [0.05, 0.1) is 12.2 Å². The van der Waals surface area contributed by atoms with Gasteiger partial charge >= 0.3 is 0 Å². The number of piperazine rings is 1. The summed E-state index contributed by atoms with van der Waals surface area (Å²) in [5, 5.41) is 0. The van der Waals surface area contributed by atoms with Crippen LogP contribution in [0.4, 0.5) is 0 Å². The maximum absolute atomic E-state index is 12.6. The lowest BCUT2D eigenvalue weighted by Crippen LogP contribution is -2.47. The van der Waals surface area contributed by atoms with Gasteiger partial charge in [-0.05, 0) is 43.2 Å². The zero-order valence-electron chi connectivity index (χ0n) is 18.7. The summed E-state index contributed by atoms with van der Waals surface area (Å²) in [6.45, 7) is 8.10. The van der Waals surface area contributed by atoms with Crippen LogP contribution in [0.15, 0.2) is 65.1 Å². The third-order valence-electron chi connectivity index (χ3n) is 5.64. The van der Waals surface area contributed by atoms with Crippen molar-refractivity contribution in [3.05, 3.63) is 89.1 Å². The summed E-state index contributed by atoms with van der Waals surface area (Å²) in [4.78, 5) is 21.2. The van der Waals surface area contributed by atoms with E-state index in [4.69, 9.17) is 9.15 Å². The number of carbonyl (C=O) groups is 1. The molecule has 0 radical (unpaired) electrons. The molecule has 0 aliphatic carbocycles. The minimum absolute atomic E-state index is 0.0306. The highest BCUT2D eigenvalue weighted by atomic mass is 16.5. The molecule has 0 spiro atoms. The van der Waals surface area contributed by atoms with Crippen molar-refractivity contribution in [2.75, 3.05) is 26.2 Å². The van der Waals surface area contributed by atoms with E-state index in [1.165, 1.54) is 0 Å². The van der Waals surface area contributed by atoms with Crippen LogP contribution in [-0.4, -0.2) is 46.9 Å². The highest BCUT2D eigenvalue weighted by Gasteiger charge is 2.21. The maximum atomic E-state index is 12.6. The molecule has 2 heterocycles. The van der Waals surface area contributed by atoms with Gasteiger partial charge in [0.2, 0.25) is 11.8 Å². The maximum Gasteiger partial charge on any atom is 0.246 e. The predicted molar refractivity (Wildman–Crippen MR) is 124 cm³/mol. The molecule has 4 rings (SSSR count). The van der Waals surface area contributed by atoms with E-state index >= 15 is 0 Å². The summed E-state index contributed by atoms with van der Waals surface area (Å²) in [5.41, 5.74) is 3.00. The molecule has 1 saturated heterocycles. The van der Waals surface area contributed by atoms with Crippen LogP contribution >= 0.6 is 0 Å². The molecule has 0 bridgehead atoms. The van der Waals surface area contributed by atoms with Crippen LogP contribution in [0.25, 0.3) is 6.08 Å². The summed E-state index contributed by atoms with van der Waals surface area (Å²) >= 11 is 0. The Bertz CT molecular complexity index is 1050. The van der Waals surface area contributed by atoms with Crippen molar-refractivity contribution in [2.24, 2.45) is 0 Å². The van der Waals surface area contributed by atoms with Crippen molar-refractivity contribution in [2.45, 2.75) is 27.0 Å². The van der Waals surface area contributed by atoms with Crippen LogP contribution in [0.2, 0.25) is 0 Å². The molecule has 6 heteroatoms. The number of rotatable bonds is 7. The summed E-state index contributed by atoms with van der Waals surface area (Å²) in [6, 6.07) is 17.8. The Balaban J connectivity index is 1.26. The monoisotopic (exact) mass is 431 g/mol. The normalized spacial score (nSPS) is 14.8. The second-order valence-corrected chi connectivity index (χ2v) is 8.03. The van der Waals surface area contributed by atoms with Crippen LogP contribution in [0.5, 0.6) is 5.75 Å². The van der Waals surface area contributed by atoms with E-state index in [9.17, 15) is 4.79 Å². The fraction of sp³-hybridized carbons (Fsp3) is 0.308. The molecule has 0 N–H and O–H groups in total. The Morgan fingerprint density at radius 2 is 1.84 bits per heavy atom. The number of carbonyl (C=O) groups excluding carboxylic acids is 1. The number of oxazole rings is 1. The highest BCUT2D eigenvalue weighted by Crippen LogP contribution is 2.17. The summed E-state index contributed by atoms with van der Waals surface area (Å²) < 4.78 is 11.6. The molecule has 6 nitrogen and oxygen atoms in total.